The normalized spacial score (nSPS) is 23.8. The van der Waals surface area contributed by atoms with Crippen molar-refractivity contribution >= 4 is 0 Å². The molecule has 1 aliphatic rings. The van der Waals surface area contributed by atoms with Crippen LogP contribution >= 0.6 is 0 Å². The van der Waals surface area contributed by atoms with Crippen LogP contribution in [0.5, 0.6) is 0 Å². The van der Waals surface area contributed by atoms with Crippen molar-refractivity contribution < 1.29 is 0 Å². The second-order valence-corrected chi connectivity index (χ2v) is 4.94. The zero-order chi connectivity index (χ0) is 11.5. The van der Waals surface area contributed by atoms with E-state index in [1.54, 1.807) is 11.1 Å². The molecule has 2 rings (SSSR count). The van der Waals surface area contributed by atoms with Gasteiger partial charge in [0.15, 0.2) is 0 Å². The lowest BCUT2D eigenvalue weighted by Crippen LogP contribution is -2.30. The van der Waals surface area contributed by atoms with E-state index in [-0.39, 0.29) is 0 Å². The molecule has 16 heavy (non-hydrogen) atoms. The smallest absolute Gasteiger partial charge is 0.00184 e. The summed E-state index contributed by atoms with van der Waals surface area (Å²) in [5, 5.41) is 0. The predicted octanol–water partition coefficient (Wildman–Crippen LogP) is 3.30. The third-order valence-electron chi connectivity index (χ3n) is 4.12. The zero-order valence-corrected chi connectivity index (χ0v) is 10.7. The first-order chi connectivity index (χ1) is 7.76. The molecule has 1 heteroatoms. The van der Waals surface area contributed by atoms with Crippen molar-refractivity contribution in [3.8, 4) is 0 Å². The van der Waals surface area contributed by atoms with E-state index in [2.05, 4.69) is 49.9 Å². The van der Waals surface area contributed by atoms with Gasteiger partial charge < -0.3 is 4.90 Å². The first-order valence-corrected chi connectivity index (χ1v) is 6.56. The quantitative estimate of drug-likeness (QED) is 0.748. The molecule has 0 bridgehead atoms. The molecule has 2 atom stereocenters. The third kappa shape index (κ3) is 2.15. The SMILES string of the molecule is CCN(CC)C[C@H]1Cc2ccccc2[C@H]1C. The first kappa shape index (κ1) is 11.7. The van der Waals surface area contributed by atoms with Crippen molar-refractivity contribution in [3.63, 3.8) is 0 Å². The molecule has 1 aromatic rings. The summed E-state index contributed by atoms with van der Waals surface area (Å²) < 4.78 is 0. The monoisotopic (exact) mass is 217 g/mol. The second kappa shape index (κ2) is 5.01. The first-order valence-electron chi connectivity index (χ1n) is 6.56. The lowest BCUT2D eigenvalue weighted by atomic mass is 9.94. The zero-order valence-electron chi connectivity index (χ0n) is 10.7. The van der Waals surface area contributed by atoms with Gasteiger partial charge in [-0.25, -0.2) is 0 Å². The Labute approximate surface area is 99.5 Å². The lowest BCUT2D eigenvalue weighted by Gasteiger charge is -2.25. The summed E-state index contributed by atoms with van der Waals surface area (Å²) in [4.78, 5) is 2.55. The summed E-state index contributed by atoms with van der Waals surface area (Å²) in [6, 6.07) is 8.96. The van der Waals surface area contributed by atoms with Crippen LogP contribution in [-0.4, -0.2) is 24.5 Å². The molecule has 0 saturated carbocycles. The summed E-state index contributed by atoms with van der Waals surface area (Å²) in [6.45, 7) is 10.5. The van der Waals surface area contributed by atoms with Crippen molar-refractivity contribution in [1.82, 2.24) is 4.90 Å². The second-order valence-electron chi connectivity index (χ2n) is 4.94. The summed E-state index contributed by atoms with van der Waals surface area (Å²) >= 11 is 0. The van der Waals surface area contributed by atoms with Gasteiger partial charge in [0.25, 0.3) is 0 Å². The minimum absolute atomic E-state index is 0.733. The Balaban J connectivity index is 2.06. The van der Waals surface area contributed by atoms with Gasteiger partial charge in [0.05, 0.1) is 0 Å². The molecule has 1 aliphatic carbocycles. The van der Waals surface area contributed by atoms with E-state index in [9.17, 15) is 0 Å². The third-order valence-corrected chi connectivity index (χ3v) is 4.12. The summed E-state index contributed by atoms with van der Waals surface area (Å²) in [5.74, 6) is 1.55. The topological polar surface area (TPSA) is 3.24 Å². The van der Waals surface area contributed by atoms with Crippen molar-refractivity contribution in [3.05, 3.63) is 35.4 Å². The summed E-state index contributed by atoms with van der Waals surface area (Å²) in [7, 11) is 0. The van der Waals surface area contributed by atoms with Crippen molar-refractivity contribution in [2.45, 2.75) is 33.1 Å². The fraction of sp³-hybridized carbons (Fsp3) is 0.600. The molecule has 0 amide bonds. The number of hydrogen-bond acceptors (Lipinski definition) is 1. The van der Waals surface area contributed by atoms with Gasteiger partial charge in [-0.15, -0.1) is 0 Å². The molecule has 0 spiro atoms. The van der Waals surface area contributed by atoms with Crippen LogP contribution in [0.25, 0.3) is 0 Å². The lowest BCUT2D eigenvalue weighted by molar-refractivity contribution is 0.242. The van der Waals surface area contributed by atoms with E-state index in [0.717, 1.165) is 11.8 Å². The fourth-order valence-corrected chi connectivity index (χ4v) is 2.91. The van der Waals surface area contributed by atoms with Crippen molar-refractivity contribution in [2.24, 2.45) is 5.92 Å². The van der Waals surface area contributed by atoms with Crippen LogP contribution in [-0.2, 0) is 6.42 Å². The van der Waals surface area contributed by atoms with Crippen molar-refractivity contribution in [2.75, 3.05) is 19.6 Å². The van der Waals surface area contributed by atoms with E-state index < -0.39 is 0 Å². The van der Waals surface area contributed by atoms with E-state index >= 15 is 0 Å². The number of benzene rings is 1. The average molecular weight is 217 g/mol. The Kier molecular flexibility index (Phi) is 3.65. The summed E-state index contributed by atoms with van der Waals surface area (Å²) in [6.07, 6.45) is 1.27. The van der Waals surface area contributed by atoms with Gasteiger partial charge >= 0.3 is 0 Å². The Morgan fingerprint density at radius 3 is 2.50 bits per heavy atom. The number of hydrogen-bond donors (Lipinski definition) is 0. The molecule has 88 valence electrons. The molecule has 0 N–H and O–H groups in total. The molecular weight excluding hydrogens is 194 g/mol. The molecule has 1 nitrogen and oxygen atoms in total. The van der Waals surface area contributed by atoms with Gasteiger partial charge in [0, 0.05) is 6.54 Å². The standard InChI is InChI=1S/C15H23N/c1-4-16(5-2)11-14-10-13-8-6-7-9-15(13)12(14)3/h6-9,12,14H,4-5,10-11H2,1-3H3/t12-,14+/m0/s1. The van der Waals surface area contributed by atoms with Gasteiger partial charge in [0.2, 0.25) is 0 Å². The van der Waals surface area contributed by atoms with E-state index in [1.807, 2.05) is 0 Å². The Morgan fingerprint density at radius 2 is 1.88 bits per heavy atom. The highest BCUT2D eigenvalue weighted by Gasteiger charge is 2.29. The van der Waals surface area contributed by atoms with Gasteiger partial charge in [-0.05, 0) is 42.5 Å². The molecule has 0 saturated heterocycles. The molecule has 1 aromatic carbocycles. The predicted molar refractivity (Wildman–Crippen MR) is 69.8 cm³/mol. The highest BCUT2D eigenvalue weighted by atomic mass is 15.1. The highest BCUT2D eigenvalue weighted by Crippen LogP contribution is 2.37. The van der Waals surface area contributed by atoms with Gasteiger partial charge in [-0.3, -0.25) is 0 Å². The summed E-state index contributed by atoms with van der Waals surface area (Å²) in [5.41, 5.74) is 3.16. The molecular formula is C15H23N. The highest BCUT2D eigenvalue weighted by molar-refractivity contribution is 5.35. The van der Waals surface area contributed by atoms with Crippen molar-refractivity contribution in [1.29, 1.82) is 0 Å². The van der Waals surface area contributed by atoms with Gasteiger partial charge in [-0.2, -0.15) is 0 Å². The Bertz CT molecular complexity index is 341. The minimum atomic E-state index is 0.733. The van der Waals surface area contributed by atoms with Gasteiger partial charge in [-0.1, -0.05) is 45.0 Å². The molecule has 0 heterocycles. The van der Waals surface area contributed by atoms with Crippen LogP contribution in [0, 0.1) is 5.92 Å². The maximum absolute atomic E-state index is 2.55. The molecule has 0 aliphatic heterocycles. The molecule has 0 radical (unpaired) electrons. The van der Waals surface area contributed by atoms with Gasteiger partial charge in [0.1, 0.15) is 0 Å². The van der Waals surface area contributed by atoms with E-state index in [0.29, 0.717) is 0 Å². The van der Waals surface area contributed by atoms with Crippen LogP contribution in [0.4, 0.5) is 0 Å². The fourth-order valence-electron chi connectivity index (χ4n) is 2.91. The maximum atomic E-state index is 2.55. The molecule has 0 unspecified atom stereocenters. The van der Waals surface area contributed by atoms with Crippen LogP contribution in [0.15, 0.2) is 24.3 Å². The van der Waals surface area contributed by atoms with E-state index in [1.165, 1.54) is 26.1 Å². The number of fused-ring (bicyclic) bond motifs is 1. The van der Waals surface area contributed by atoms with Crippen LogP contribution in [0.1, 0.15) is 37.8 Å². The maximum Gasteiger partial charge on any atom is 0.00184 e. The van der Waals surface area contributed by atoms with E-state index in [4.69, 9.17) is 0 Å². The number of nitrogens with zero attached hydrogens (tertiary/aromatic N) is 1. The minimum Gasteiger partial charge on any atom is -0.304 e. The molecule has 0 aromatic heterocycles. The largest absolute Gasteiger partial charge is 0.304 e. The van der Waals surface area contributed by atoms with Crippen LogP contribution in [0.2, 0.25) is 0 Å². The van der Waals surface area contributed by atoms with Crippen LogP contribution in [0.3, 0.4) is 0 Å². The Hall–Kier alpha value is -0.820. The average Bonchev–Trinajstić information content (AvgIpc) is 2.64. The molecule has 0 fully saturated rings. The number of rotatable bonds is 4. The van der Waals surface area contributed by atoms with Crippen LogP contribution < -0.4 is 0 Å². The Morgan fingerprint density at radius 1 is 1.19 bits per heavy atom.